The Kier molecular flexibility index (Phi) is 7.85. The molecule has 0 aliphatic carbocycles. The van der Waals surface area contributed by atoms with Gasteiger partial charge in [-0.2, -0.15) is 0 Å². The standard InChI is InChI=1S/C52H35NO/c1-3-15-36(16-4-1)38-29-31-42(32-30-38)53(48-27-11-9-24-44(48)41-22-13-21-40(35-41)37-17-5-2-6-18-37)49-34-33-46(45-26-14-20-39-19-7-8-23-43(39)45)52-51(49)47-25-10-12-28-50(47)54-52/h1-35H. The molecule has 1 heterocycles. The van der Waals surface area contributed by atoms with Crippen molar-refractivity contribution in [1.29, 1.82) is 0 Å². The van der Waals surface area contributed by atoms with Crippen LogP contribution in [0.4, 0.5) is 17.1 Å². The van der Waals surface area contributed by atoms with Crippen molar-refractivity contribution in [2.45, 2.75) is 0 Å². The lowest BCUT2D eigenvalue weighted by molar-refractivity contribution is 0.670. The third-order valence-corrected chi connectivity index (χ3v) is 10.5. The van der Waals surface area contributed by atoms with Crippen LogP contribution in [0, 0.1) is 0 Å². The molecule has 0 N–H and O–H groups in total. The molecule has 0 saturated heterocycles. The summed E-state index contributed by atoms with van der Waals surface area (Å²) in [5, 5.41) is 4.57. The third kappa shape index (κ3) is 5.53. The van der Waals surface area contributed by atoms with Gasteiger partial charge in [-0.1, -0.05) is 170 Å². The summed E-state index contributed by atoms with van der Waals surface area (Å²) in [7, 11) is 0. The molecule has 54 heavy (non-hydrogen) atoms. The minimum absolute atomic E-state index is 0.865. The summed E-state index contributed by atoms with van der Waals surface area (Å²) in [4.78, 5) is 2.41. The van der Waals surface area contributed by atoms with Gasteiger partial charge in [0.2, 0.25) is 0 Å². The first kappa shape index (κ1) is 31.6. The molecule has 0 fully saturated rings. The lowest BCUT2D eigenvalue weighted by atomic mass is 9.94. The second-order valence-electron chi connectivity index (χ2n) is 13.7. The van der Waals surface area contributed by atoms with Gasteiger partial charge in [0.1, 0.15) is 11.2 Å². The molecule has 0 unspecified atom stereocenters. The average molecular weight is 690 g/mol. The first-order valence-electron chi connectivity index (χ1n) is 18.4. The molecule has 0 atom stereocenters. The van der Waals surface area contributed by atoms with Gasteiger partial charge in [-0.05, 0) is 86.6 Å². The lowest BCUT2D eigenvalue weighted by Crippen LogP contribution is -2.11. The molecule has 0 aliphatic heterocycles. The van der Waals surface area contributed by atoms with Crippen LogP contribution in [-0.2, 0) is 0 Å². The number of furan rings is 1. The van der Waals surface area contributed by atoms with Gasteiger partial charge < -0.3 is 9.32 Å². The van der Waals surface area contributed by atoms with Crippen LogP contribution in [0.5, 0.6) is 0 Å². The van der Waals surface area contributed by atoms with Gasteiger partial charge in [-0.25, -0.2) is 0 Å². The quantitative estimate of drug-likeness (QED) is 0.166. The SMILES string of the molecule is c1ccc(-c2ccc(N(c3ccccc3-c3cccc(-c4ccccc4)c3)c3ccc(-c4cccc5ccccc45)c4oc5ccccc5c34)cc2)cc1. The summed E-state index contributed by atoms with van der Waals surface area (Å²) < 4.78 is 6.88. The maximum Gasteiger partial charge on any atom is 0.145 e. The molecule has 0 amide bonds. The molecular formula is C52H35NO. The summed E-state index contributed by atoms with van der Waals surface area (Å²) in [5.41, 5.74) is 14.2. The highest BCUT2D eigenvalue weighted by Crippen LogP contribution is 2.49. The fraction of sp³-hybridized carbons (Fsp3) is 0. The van der Waals surface area contributed by atoms with E-state index in [1.54, 1.807) is 0 Å². The molecule has 0 saturated carbocycles. The Hall–Kier alpha value is -7.16. The molecule has 1 aromatic heterocycles. The second-order valence-corrected chi connectivity index (χ2v) is 13.7. The fourth-order valence-electron chi connectivity index (χ4n) is 7.92. The van der Waals surface area contributed by atoms with E-state index in [4.69, 9.17) is 4.42 Å². The summed E-state index contributed by atoms with van der Waals surface area (Å²) in [6.45, 7) is 0. The molecule has 10 aromatic rings. The molecule has 2 heteroatoms. The molecular weight excluding hydrogens is 655 g/mol. The van der Waals surface area contributed by atoms with Gasteiger partial charge in [-0.15, -0.1) is 0 Å². The minimum Gasteiger partial charge on any atom is -0.455 e. The molecule has 10 rings (SSSR count). The Morgan fingerprint density at radius 2 is 0.907 bits per heavy atom. The molecule has 0 bridgehead atoms. The molecule has 9 aromatic carbocycles. The number of hydrogen-bond acceptors (Lipinski definition) is 2. The maximum atomic E-state index is 6.88. The Morgan fingerprint density at radius 1 is 0.333 bits per heavy atom. The van der Waals surface area contributed by atoms with E-state index in [0.717, 1.165) is 61.3 Å². The Bertz CT molecular complexity index is 2920. The zero-order chi connectivity index (χ0) is 35.8. The van der Waals surface area contributed by atoms with Crippen LogP contribution in [-0.4, -0.2) is 0 Å². The second kappa shape index (κ2) is 13.4. The van der Waals surface area contributed by atoms with Gasteiger partial charge in [-0.3, -0.25) is 0 Å². The van der Waals surface area contributed by atoms with Gasteiger partial charge in [0.25, 0.3) is 0 Å². The topological polar surface area (TPSA) is 16.4 Å². The zero-order valence-electron chi connectivity index (χ0n) is 29.6. The Balaban J connectivity index is 1.23. The van der Waals surface area contributed by atoms with Crippen molar-refractivity contribution in [1.82, 2.24) is 0 Å². The normalized spacial score (nSPS) is 11.3. The highest BCUT2D eigenvalue weighted by molar-refractivity contribution is 6.18. The summed E-state index contributed by atoms with van der Waals surface area (Å²) in [6.07, 6.45) is 0. The number of para-hydroxylation sites is 2. The molecule has 0 radical (unpaired) electrons. The van der Waals surface area contributed by atoms with Crippen molar-refractivity contribution in [2.75, 3.05) is 4.90 Å². The smallest absolute Gasteiger partial charge is 0.145 e. The van der Waals surface area contributed by atoms with Gasteiger partial charge in [0, 0.05) is 22.2 Å². The van der Waals surface area contributed by atoms with Crippen LogP contribution < -0.4 is 4.90 Å². The zero-order valence-corrected chi connectivity index (χ0v) is 29.6. The van der Waals surface area contributed by atoms with Crippen molar-refractivity contribution < 1.29 is 4.42 Å². The number of rotatable bonds is 7. The van der Waals surface area contributed by atoms with E-state index in [0.29, 0.717) is 0 Å². The van der Waals surface area contributed by atoms with E-state index in [-0.39, 0.29) is 0 Å². The minimum atomic E-state index is 0.865. The first-order valence-corrected chi connectivity index (χ1v) is 18.4. The van der Waals surface area contributed by atoms with Gasteiger partial charge >= 0.3 is 0 Å². The predicted octanol–water partition coefficient (Wildman–Crippen LogP) is 14.9. The van der Waals surface area contributed by atoms with Crippen LogP contribution in [0.3, 0.4) is 0 Å². The van der Waals surface area contributed by atoms with E-state index < -0.39 is 0 Å². The predicted molar refractivity (Wildman–Crippen MR) is 228 cm³/mol. The monoisotopic (exact) mass is 689 g/mol. The van der Waals surface area contributed by atoms with E-state index >= 15 is 0 Å². The van der Waals surface area contributed by atoms with E-state index in [1.165, 1.54) is 33.0 Å². The van der Waals surface area contributed by atoms with Crippen LogP contribution >= 0.6 is 0 Å². The van der Waals surface area contributed by atoms with Crippen LogP contribution in [0.15, 0.2) is 217 Å². The van der Waals surface area contributed by atoms with Crippen LogP contribution in [0.25, 0.3) is 77.2 Å². The van der Waals surface area contributed by atoms with E-state index in [2.05, 4.69) is 217 Å². The molecule has 2 nitrogen and oxygen atoms in total. The number of hydrogen-bond donors (Lipinski definition) is 0. The number of anilines is 3. The van der Waals surface area contributed by atoms with E-state index in [1.807, 2.05) is 0 Å². The van der Waals surface area contributed by atoms with Crippen molar-refractivity contribution in [3.8, 4) is 44.5 Å². The number of fused-ring (bicyclic) bond motifs is 4. The first-order chi connectivity index (χ1) is 26.8. The highest BCUT2D eigenvalue weighted by atomic mass is 16.3. The summed E-state index contributed by atoms with van der Waals surface area (Å²) >= 11 is 0. The number of nitrogens with zero attached hydrogens (tertiary/aromatic N) is 1. The van der Waals surface area contributed by atoms with Crippen LogP contribution in [0.2, 0.25) is 0 Å². The highest BCUT2D eigenvalue weighted by Gasteiger charge is 2.24. The number of benzene rings is 9. The van der Waals surface area contributed by atoms with Gasteiger partial charge in [0.15, 0.2) is 0 Å². The van der Waals surface area contributed by atoms with Crippen molar-refractivity contribution in [3.05, 3.63) is 212 Å². The molecule has 254 valence electrons. The Morgan fingerprint density at radius 3 is 1.72 bits per heavy atom. The molecule has 0 aliphatic rings. The lowest BCUT2D eigenvalue weighted by Gasteiger charge is -2.29. The fourth-order valence-corrected chi connectivity index (χ4v) is 7.92. The third-order valence-electron chi connectivity index (χ3n) is 10.5. The summed E-state index contributed by atoms with van der Waals surface area (Å²) in [6, 6.07) is 75.8. The van der Waals surface area contributed by atoms with Crippen LogP contribution in [0.1, 0.15) is 0 Å². The van der Waals surface area contributed by atoms with Crippen molar-refractivity contribution in [2.24, 2.45) is 0 Å². The average Bonchev–Trinajstić information content (AvgIpc) is 3.65. The maximum absolute atomic E-state index is 6.88. The van der Waals surface area contributed by atoms with Gasteiger partial charge in [0.05, 0.1) is 16.8 Å². The Labute approximate surface area is 314 Å². The summed E-state index contributed by atoms with van der Waals surface area (Å²) in [5.74, 6) is 0. The molecule has 0 spiro atoms. The largest absolute Gasteiger partial charge is 0.455 e. The van der Waals surface area contributed by atoms with Crippen molar-refractivity contribution in [3.63, 3.8) is 0 Å². The van der Waals surface area contributed by atoms with Crippen molar-refractivity contribution >= 4 is 49.8 Å². The van der Waals surface area contributed by atoms with E-state index in [9.17, 15) is 0 Å².